The zero-order chi connectivity index (χ0) is 12.5. The van der Waals surface area contributed by atoms with Gasteiger partial charge >= 0.3 is 0 Å². The van der Waals surface area contributed by atoms with Crippen molar-refractivity contribution in [1.82, 2.24) is 5.32 Å². The van der Waals surface area contributed by atoms with Crippen molar-refractivity contribution in [3.63, 3.8) is 0 Å². The third-order valence-electron chi connectivity index (χ3n) is 2.95. The second kappa shape index (κ2) is 8.83. The maximum atomic E-state index is 9.65. The van der Waals surface area contributed by atoms with E-state index in [2.05, 4.69) is 5.32 Å². The Balaban J connectivity index is 1.94. The first kappa shape index (κ1) is 14.9. The number of hydrogen-bond donors (Lipinski definition) is 3. The normalized spacial score (nSPS) is 20.6. The van der Waals surface area contributed by atoms with E-state index in [4.69, 9.17) is 9.47 Å². The van der Waals surface area contributed by atoms with Crippen LogP contribution < -0.4 is 5.32 Å². The quantitative estimate of drug-likeness (QED) is 0.531. The molecular formula is C12H25NO4. The van der Waals surface area contributed by atoms with E-state index in [1.165, 1.54) is 12.8 Å². The van der Waals surface area contributed by atoms with E-state index >= 15 is 0 Å². The largest absolute Gasteiger partial charge is 0.389 e. The lowest BCUT2D eigenvalue weighted by Crippen LogP contribution is -2.37. The molecule has 3 N–H and O–H groups in total. The zero-order valence-electron chi connectivity index (χ0n) is 10.6. The molecule has 102 valence electrons. The van der Waals surface area contributed by atoms with Gasteiger partial charge in [-0.2, -0.15) is 0 Å². The molecular weight excluding hydrogens is 222 g/mol. The van der Waals surface area contributed by atoms with Crippen molar-refractivity contribution in [3.05, 3.63) is 0 Å². The summed E-state index contributed by atoms with van der Waals surface area (Å²) in [6.45, 7) is 1.54. The summed E-state index contributed by atoms with van der Waals surface area (Å²) in [5.41, 5.74) is 0. The zero-order valence-corrected chi connectivity index (χ0v) is 10.6. The Morgan fingerprint density at radius 1 is 1.12 bits per heavy atom. The van der Waals surface area contributed by atoms with Crippen molar-refractivity contribution in [2.24, 2.45) is 0 Å². The minimum atomic E-state index is -0.525. The van der Waals surface area contributed by atoms with Crippen molar-refractivity contribution >= 4 is 0 Å². The SMILES string of the molecule is COCC(O)CNCC(O)COC1CCCC1. The highest BCUT2D eigenvalue weighted by molar-refractivity contribution is 4.69. The van der Waals surface area contributed by atoms with Gasteiger partial charge in [0.1, 0.15) is 0 Å². The molecule has 0 aliphatic heterocycles. The maximum absolute atomic E-state index is 9.65. The van der Waals surface area contributed by atoms with E-state index in [1.54, 1.807) is 7.11 Å². The average Bonchev–Trinajstić information content (AvgIpc) is 2.79. The van der Waals surface area contributed by atoms with E-state index in [1.807, 2.05) is 0 Å². The third-order valence-corrected chi connectivity index (χ3v) is 2.95. The van der Waals surface area contributed by atoms with Gasteiger partial charge in [-0.3, -0.25) is 0 Å². The van der Waals surface area contributed by atoms with E-state index in [9.17, 15) is 10.2 Å². The minimum Gasteiger partial charge on any atom is -0.389 e. The molecule has 0 amide bonds. The van der Waals surface area contributed by atoms with E-state index < -0.39 is 12.2 Å². The van der Waals surface area contributed by atoms with Gasteiger partial charge in [-0.25, -0.2) is 0 Å². The van der Waals surface area contributed by atoms with Crippen molar-refractivity contribution in [2.45, 2.75) is 44.0 Å². The van der Waals surface area contributed by atoms with Crippen molar-refractivity contribution < 1.29 is 19.7 Å². The summed E-state index contributed by atoms with van der Waals surface area (Å²) < 4.78 is 10.4. The van der Waals surface area contributed by atoms with Crippen LogP contribution in [-0.2, 0) is 9.47 Å². The first-order chi connectivity index (χ1) is 8.22. The van der Waals surface area contributed by atoms with Crippen molar-refractivity contribution in [2.75, 3.05) is 33.4 Å². The molecule has 0 aromatic rings. The number of methoxy groups -OCH3 is 1. The van der Waals surface area contributed by atoms with Crippen LogP contribution in [0, 0.1) is 0 Å². The Bertz CT molecular complexity index is 185. The molecule has 1 fully saturated rings. The summed E-state index contributed by atoms with van der Waals surface area (Å²) in [5.74, 6) is 0. The van der Waals surface area contributed by atoms with Gasteiger partial charge in [0.2, 0.25) is 0 Å². The number of nitrogens with one attached hydrogen (secondary N) is 1. The second-order valence-corrected chi connectivity index (χ2v) is 4.66. The number of aliphatic hydroxyl groups is 2. The van der Waals surface area contributed by atoms with Crippen LogP contribution in [-0.4, -0.2) is 61.9 Å². The average molecular weight is 247 g/mol. The van der Waals surface area contributed by atoms with Crippen LogP contribution in [0.15, 0.2) is 0 Å². The van der Waals surface area contributed by atoms with Crippen LogP contribution in [0.5, 0.6) is 0 Å². The molecule has 0 heterocycles. The fourth-order valence-electron chi connectivity index (χ4n) is 2.03. The lowest BCUT2D eigenvalue weighted by atomic mass is 10.3. The topological polar surface area (TPSA) is 71.0 Å². The highest BCUT2D eigenvalue weighted by Gasteiger charge is 2.16. The molecule has 0 aromatic carbocycles. The van der Waals surface area contributed by atoms with Crippen LogP contribution in [0.1, 0.15) is 25.7 Å². The lowest BCUT2D eigenvalue weighted by Gasteiger charge is -2.17. The van der Waals surface area contributed by atoms with Crippen LogP contribution in [0.4, 0.5) is 0 Å². The fourth-order valence-corrected chi connectivity index (χ4v) is 2.03. The van der Waals surface area contributed by atoms with Crippen LogP contribution in [0.25, 0.3) is 0 Å². The number of hydrogen-bond acceptors (Lipinski definition) is 5. The van der Waals surface area contributed by atoms with E-state index in [0.717, 1.165) is 12.8 Å². The first-order valence-corrected chi connectivity index (χ1v) is 6.39. The summed E-state index contributed by atoms with van der Waals surface area (Å²) >= 11 is 0. The fraction of sp³-hybridized carbons (Fsp3) is 1.00. The van der Waals surface area contributed by atoms with E-state index in [0.29, 0.717) is 32.4 Å². The van der Waals surface area contributed by atoms with Gasteiger partial charge < -0.3 is 25.0 Å². The van der Waals surface area contributed by atoms with Gasteiger partial charge in [-0.1, -0.05) is 12.8 Å². The van der Waals surface area contributed by atoms with Gasteiger partial charge in [0.15, 0.2) is 0 Å². The summed E-state index contributed by atoms with van der Waals surface area (Å²) in [6, 6.07) is 0. The van der Waals surface area contributed by atoms with Gasteiger partial charge in [-0.15, -0.1) is 0 Å². The molecule has 0 spiro atoms. The van der Waals surface area contributed by atoms with Crippen molar-refractivity contribution in [3.8, 4) is 0 Å². The molecule has 2 unspecified atom stereocenters. The molecule has 5 heteroatoms. The van der Waals surface area contributed by atoms with Gasteiger partial charge in [0, 0.05) is 20.2 Å². The standard InChI is InChI=1S/C12H25NO4/c1-16-8-10(14)6-13-7-11(15)9-17-12-4-2-3-5-12/h10-15H,2-9H2,1H3. The Hall–Kier alpha value is -0.200. The minimum absolute atomic E-state index is 0.307. The van der Waals surface area contributed by atoms with Crippen LogP contribution >= 0.6 is 0 Å². The smallest absolute Gasteiger partial charge is 0.0897 e. The lowest BCUT2D eigenvalue weighted by molar-refractivity contribution is -0.00717. The van der Waals surface area contributed by atoms with Gasteiger partial charge in [0.25, 0.3) is 0 Å². The number of rotatable bonds is 9. The summed E-state index contributed by atoms with van der Waals surface area (Å²) in [4.78, 5) is 0. The molecule has 5 nitrogen and oxygen atoms in total. The molecule has 0 saturated heterocycles. The van der Waals surface area contributed by atoms with Gasteiger partial charge in [-0.05, 0) is 12.8 Å². The predicted octanol–water partition coefficient (Wildman–Crippen LogP) is -0.0966. The van der Waals surface area contributed by atoms with Crippen LogP contribution in [0.3, 0.4) is 0 Å². The molecule has 1 rings (SSSR count). The molecule has 1 saturated carbocycles. The Labute approximate surface area is 103 Å². The molecule has 1 aliphatic carbocycles. The van der Waals surface area contributed by atoms with Crippen molar-refractivity contribution in [1.29, 1.82) is 0 Å². The van der Waals surface area contributed by atoms with Gasteiger partial charge in [0.05, 0.1) is 31.5 Å². The Morgan fingerprint density at radius 2 is 1.71 bits per heavy atom. The molecule has 1 aliphatic rings. The molecule has 0 radical (unpaired) electrons. The number of ether oxygens (including phenoxy) is 2. The Morgan fingerprint density at radius 3 is 2.29 bits per heavy atom. The molecule has 2 atom stereocenters. The van der Waals surface area contributed by atoms with E-state index in [-0.39, 0.29) is 0 Å². The highest BCUT2D eigenvalue weighted by atomic mass is 16.5. The maximum Gasteiger partial charge on any atom is 0.0897 e. The molecule has 17 heavy (non-hydrogen) atoms. The Kier molecular flexibility index (Phi) is 7.72. The molecule has 0 bridgehead atoms. The number of aliphatic hydroxyl groups excluding tert-OH is 2. The highest BCUT2D eigenvalue weighted by Crippen LogP contribution is 2.20. The van der Waals surface area contributed by atoms with Crippen LogP contribution in [0.2, 0.25) is 0 Å². The third kappa shape index (κ3) is 6.95. The monoisotopic (exact) mass is 247 g/mol. The summed E-state index contributed by atoms with van der Waals surface area (Å²) in [7, 11) is 1.55. The second-order valence-electron chi connectivity index (χ2n) is 4.66. The molecule has 0 aromatic heterocycles. The first-order valence-electron chi connectivity index (χ1n) is 6.39. The summed E-state index contributed by atoms with van der Waals surface area (Å²) in [6.07, 6.45) is 4.01. The predicted molar refractivity (Wildman–Crippen MR) is 65.0 cm³/mol. The summed E-state index contributed by atoms with van der Waals surface area (Å²) in [5, 5.41) is 22.0.